The number of aromatic hydroxyl groups is 1. The molecule has 0 aliphatic heterocycles. The zero-order valence-electron chi connectivity index (χ0n) is 6.80. The van der Waals surface area contributed by atoms with Crippen LogP contribution in [0.25, 0.3) is 10.1 Å². The van der Waals surface area contributed by atoms with Crippen molar-refractivity contribution >= 4 is 39.7 Å². The Morgan fingerprint density at radius 2 is 2.29 bits per heavy atom. The van der Waals surface area contributed by atoms with Crippen molar-refractivity contribution in [2.75, 3.05) is 0 Å². The number of nitrogens with zero attached hydrogens (tertiary/aromatic N) is 1. The summed E-state index contributed by atoms with van der Waals surface area (Å²) < 4.78 is 0.477. The van der Waals surface area contributed by atoms with Gasteiger partial charge >= 0.3 is 5.69 Å². The zero-order valence-corrected chi connectivity index (χ0v) is 8.51. The van der Waals surface area contributed by atoms with Crippen LogP contribution in [0.3, 0.4) is 0 Å². The van der Waals surface area contributed by atoms with E-state index in [1.54, 1.807) is 17.5 Å². The van der Waals surface area contributed by atoms with Crippen LogP contribution in [0.15, 0.2) is 22.4 Å². The quantitative estimate of drug-likeness (QED) is 0.447. The first kappa shape index (κ1) is 9.29. The van der Waals surface area contributed by atoms with Gasteiger partial charge in [-0.1, -0.05) is 0 Å². The SMILES string of the molecule is O=[N+]([O-])c1c(O)c(S)cc2ccsc12. The van der Waals surface area contributed by atoms with Crippen LogP contribution in [-0.4, -0.2) is 10.0 Å². The molecule has 2 rings (SSSR count). The first-order chi connectivity index (χ1) is 6.61. The maximum absolute atomic E-state index is 10.7. The number of thiol groups is 1. The molecular formula is C8H5NO3S2. The molecule has 14 heavy (non-hydrogen) atoms. The predicted octanol–water partition coefficient (Wildman–Crippen LogP) is 2.80. The van der Waals surface area contributed by atoms with Gasteiger partial charge in [0.2, 0.25) is 5.75 Å². The van der Waals surface area contributed by atoms with E-state index in [9.17, 15) is 15.2 Å². The summed E-state index contributed by atoms with van der Waals surface area (Å²) in [6, 6.07) is 3.36. The molecule has 0 spiro atoms. The molecule has 6 heteroatoms. The highest BCUT2D eigenvalue weighted by Gasteiger charge is 2.21. The van der Waals surface area contributed by atoms with Crippen LogP contribution < -0.4 is 0 Å². The van der Waals surface area contributed by atoms with Gasteiger partial charge in [-0.2, -0.15) is 0 Å². The number of nitro groups is 1. The minimum absolute atomic E-state index is 0.225. The maximum atomic E-state index is 10.7. The Hall–Kier alpha value is -1.27. The number of phenols is 1. The van der Waals surface area contributed by atoms with E-state index in [0.717, 1.165) is 5.39 Å². The molecule has 0 saturated heterocycles. The van der Waals surface area contributed by atoms with Crippen molar-refractivity contribution in [3.8, 4) is 5.75 Å². The molecule has 1 aromatic heterocycles. The average Bonchev–Trinajstić information content (AvgIpc) is 2.52. The van der Waals surface area contributed by atoms with Gasteiger partial charge in [0.15, 0.2) is 0 Å². The van der Waals surface area contributed by atoms with E-state index in [2.05, 4.69) is 12.6 Å². The fourth-order valence-corrected chi connectivity index (χ4v) is 2.38. The summed E-state index contributed by atoms with van der Waals surface area (Å²) in [5.74, 6) is -0.367. The molecule has 2 aromatic rings. The number of hydrogen-bond donors (Lipinski definition) is 2. The summed E-state index contributed by atoms with van der Waals surface area (Å²) in [6.07, 6.45) is 0. The molecule has 1 heterocycles. The number of fused-ring (bicyclic) bond motifs is 1. The van der Waals surface area contributed by atoms with Gasteiger partial charge in [0.25, 0.3) is 0 Å². The van der Waals surface area contributed by atoms with E-state index in [1.807, 2.05) is 0 Å². The normalized spacial score (nSPS) is 10.6. The Labute approximate surface area is 88.4 Å². The average molecular weight is 227 g/mol. The third-order valence-electron chi connectivity index (χ3n) is 1.85. The summed E-state index contributed by atoms with van der Waals surface area (Å²) in [4.78, 5) is 10.3. The molecule has 1 N–H and O–H groups in total. The number of thiophene rings is 1. The lowest BCUT2D eigenvalue weighted by molar-refractivity contribution is -0.384. The van der Waals surface area contributed by atoms with Crippen LogP contribution in [0.1, 0.15) is 0 Å². The molecule has 1 aromatic carbocycles. The Balaban J connectivity index is 2.93. The number of hydrogen-bond acceptors (Lipinski definition) is 5. The van der Waals surface area contributed by atoms with E-state index in [4.69, 9.17) is 0 Å². The van der Waals surface area contributed by atoms with Crippen molar-refractivity contribution in [3.63, 3.8) is 0 Å². The molecule has 0 saturated carbocycles. The Morgan fingerprint density at radius 3 is 2.93 bits per heavy atom. The van der Waals surface area contributed by atoms with Crippen molar-refractivity contribution in [3.05, 3.63) is 27.6 Å². The van der Waals surface area contributed by atoms with E-state index in [-0.39, 0.29) is 16.3 Å². The van der Waals surface area contributed by atoms with Crippen LogP contribution in [0.5, 0.6) is 5.75 Å². The van der Waals surface area contributed by atoms with Crippen molar-refractivity contribution in [1.29, 1.82) is 0 Å². The molecule has 0 amide bonds. The molecule has 0 atom stereocenters. The molecule has 4 nitrogen and oxygen atoms in total. The fraction of sp³-hybridized carbons (Fsp3) is 0. The summed E-state index contributed by atoms with van der Waals surface area (Å²) in [5.41, 5.74) is -0.262. The zero-order chi connectivity index (χ0) is 10.3. The van der Waals surface area contributed by atoms with Crippen molar-refractivity contribution in [2.24, 2.45) is 0 Å². The predicted molar refractivity (Wildman–Crippen MR) is 57.4 cm³/mol. The lowest BCUT2D eigenvalue weighted by Gasteiger charge is -2.00. The first-order valence-corrected chi connectivity index (χ1v) is 5.00. The van der Waals surface area contributed by atoms with Crippen LogP contribution >= 0.6 is 24.0 Å². The minimum atomic E-state index is -0.589. The maximum Gasteiger partial charge on any atom is 0.329 e. The topological polar surface area (TPSA) is 63.4 Å². The number of rotatable bonds is 1. The Bertz CT molecular complexity index is 521. The molecule has 0 aliphatic rings. The van der Waals surface area contributed by atoms with Gasteiger partial charge in [-0.05, 0) is 17.5 Å². The third kappa shape index (κ3) is 1.23. The first-order valence-electron chi connectivity index (χ1n) is 3.68. The van der Waals surface area contributed by atoms with Gasteiger partial charge in [0.05, 0.1) is 9.82 Å². The molecule has 0 fully saturated rings. The van der Waals surface area contributed by atoms with Crippen LogP contribution in [-0.2, 0) is 0 Å². The molecule has 72 valence electrons. The molecule has 0 aliphatic carbocycles. The summed E-state index contributed by atoms with van der Waals surface area (Å²) >= 11 is 5.19. The van der Waals surface area contributed by atoms with Crippen LogP contribution in [0.4, 0.5) is 5.69 Å². The molecule has 0 radical (unpaired) electrons. The standard InChI is InChI=1S/C8H5NO3S2/c10-7-5(13)3-4-1-2-14-8(4)6(7)9(11)12/h1-3,10,13H. The van der Waals surface area contributed by atoms with Crippen LogP contribution in [0, 0.1) is 10.1 Å². The highest BCUT2D eigenvalue weighted by Crippen LogP contribution is 2.41. The van der Waals surface area contributed by atoms with Crippen molar-refractivity contribution in [1.82, 2.24) is 0 Å². The van der Waals surface area contributed by atoms with Crippen LogP contribution in [0.2, 0.25) is 0 Å². The van der Waals surface area contributed by atoms with Gasteiger partial charge < -0.3 is 5.11 Å². The fourth-order valence-electron chi connectivity index (χ4n) is 1.24. The van der Waals surface area contributed by atoms with Gasteiger partial charge in [-0.3, -0.25) is 10.1 Å². The van der Waals surface area contributed by atoms with Gasteiger partial charge in [0.1, 0.15) is 4.70 Å². The Morgan fingerprint density at radius 1 is 1.57 bits per heavy atom. The largest absolute Gasteiger partial charge is 0.501 e. The second-order valence-corrected chi connectivity index (χ2v) is 4.09. The molecule has 0 bridgehead atoms. The van der Waals surface area contributed by atoms with Gasteiger partial charge in [-0.15, -0.1) is 24.0 Å². The smallest absolute Gasteiger partial charge is 0.329 e. The van der Waals surface area contributed by atoms with Crippen molar-refractivity contribution in [2.45, 2.75) is 4.90 Å². The van der Waals surface area contributed by atoms with E-state index in [1.165, 1.54) is 11.3 Å². The van der Waals surface area contributed by atoms with E-state index in [0.29, 0.717) is 4.70 Å². The lowest BCUT2D eigenvalue weighted by Crippen LogP contribution is -1.89. The molecular weight excluding hydrogens is 222 g/mol. The second kappa shape index (κ2) is 3.14. The third-order valence-corrected chi connectivity index (χ3v) is 3.13. The summed E-state index contributed by atoms with van der Waals surface area (Å²) in [7, 11) is 0. The summed E-state index contributed by atoms with van der Waals surface area (Å²) in [6.45, 7) is 0. The minimum Gasteiger partial charge on any atom is -0.501 e. The van der Waals surface area contributed by atoms with E-state index >= 15 is 0 Å². The number of benzene rings is 1. The Kier molecular flexibility index (Phi) is 2.09. The molecule has 0 unspecified atom stereocenters. The van der Waals surface area contributed by atoms with Gasteiger partial charge in [0, 0.05) is 5.39 Å². The van der Waals surface area contributed by atoms with Gasteiger partial charge in [-0.25, -0.2) is 0 Å². The highest BCUT2D eigenvalue weighted by molar-refractivity contribution is 7.80. The number of phenolic OH excluding ortho intramolecular Hbond substituents is 1. The monoisotopic (exact) mass is 227 g/mol. The summed E-state index contributed by atoms with van der Waals surface area (Å²) in [5, 5.41) is 22.6. The lowest BCUT2D eigenvalue weighted by atomic mass is 10.2. The second-order valence-electron chi connectivity index (χ2n) is 2.69. The van der Waals surface area contributed by atoms with E-state index < -0.39 is 4.92 Å². The van der Waals surface area contributed by atoms with Crippen molar-refractivity contribution < 1.29 is 10.0 Å². The number of nitro benzene ring substituents is 1. The highest BCUT2D eigenvalue weighted by atomic mass is 32.1.